The van der Waals surface area contributed by atoms with Crippen molar-refractivity contribution in [3.8, 4) is 11.8 Å². The van der Waals surface area contributed by atoms with Crippen LogP contribution in [0.4, 0.5) is 0 Å². The van der Waals surface area contributed by atoms with Gasteiger partial charge in [-0.05, 0) is 13.8 Å². The van der Waals surface area contributed by atoms with Gasteiger partial charge in [0.15, 0.2) is 0 Å². The van der Waals surface area contributed by atoms with Gasteiger partial charge in [-0.15, -0.1) is 17.5 Å². The Bertz CT molecular complexity index is 114. The van der Waals surface area contributed by atoms with E-state index in [9.17, 15) is 0 Å². The van der Waals surface area contributed by atoms with Crippen molar-refractivity contribution in [3.63, 3.8) is 0 Å². The average molecular weight is 130 g/mol. The number of alkyl halides is 1. The van der Waals surface area contributed by atoms with E-state index in [0.29, 0.717) is 5.88 Å². The quantitative estimate of drug-likeness (QED) is 0.376. The molecule has 0 atom stereocenters. The molecule has 0 nitrogen and oxygen atoms in total. The van der Waals surface area contributed by atoms with Crippen molar-refractivity contribution in [2.24, 2.45) is 5.41 Å². The Balaban J connectivity index is 3.85. The Morgan fingerprint density at radius 2 is 2.12 bits per heavy atom. The highest BCUT2D eigenvalue weighted by Crippen LogP contribution is 2.14. The van der Waals surface area contributed by atoms with E-state index in [4.69, 9.17) is 11.6 Å². The molecule has 0 fully saturated rings. The van der Waals surface area contributed by atoms with Crippen LogP contribution in [0.1, 0.15) is 13.8 Å². The molecular formula is C7H10Cl. The van der Waals surface area contributed by atoms with E-state index in [-0.39, 0.29) is 5.41 Å². The minimum atomic E-state index is -0.0662. The van der Waals surface area contributed by atoms with E-state index in [1.54, 1.807) is 0 Å². The fraction of sp³-hybridized carbons (Fsp3) is 0.571. The number of rotatable bonds is 1. The van der Waals surface area contributed by atoms with E-state index in [0.717, 1.165) is 0 Å². The monoisotopic (exact) mass is 129 g/mol. The lowest BCUT2D eigenvalue weighted by atomic mass is 9.98. The van der Waals surface area contributed by atoms with Gasteiger partial charge >= 0.3 is 0 Å². The predicted octanol–water partition coefficient (Wildman–Crippen LogP) is 2.09. The van der Waals surface area contributed by atoms with Gasteiger partial charge in [0.05, 0.1) is 0 Å². The van der Waals surface area contributed by atoms with Crippen LogP contribution in [-0.4, -0.2) is 5.88 Å². The number of hydrogen-bond acceptors (Lipinski definition) is 0. The lowest BCUT2D eigenvalue weighted by Crippen LogP contribution is -2.08. The van der Waals surface area contributed by atoms with Crippen molar-refractivity contribution in [1.29, 1.82) is 0 Å². The molecule has 0 unspecified atom stereocenters. The summed E-state index contributed by atoms with van der Waals surface area (Å²) in [6.07, 6.45) is 0. The van der Waals surface area contributed by atoms with Gasteiger partial charge in [-0.1, -0.05) is 5.92 Å². The molecular weight excluding hydrogens is 120 g/mol. The van der Waals surface area contributed by atoms with E-state index in [1.807, 2.05) is 13.8 Å². The standard InChI is InChI=1S/C7H10Cl/c1-4-5-7(2,3)6-8/h1,6H2,2-3H3. The summed E-state index contributed by atoms with van der Waals surface area (Å²) >= 11 is 5.54. The minimum Gasteiger partial charge on any atom is -0.125 e. The first-order chi connectivity index (χ1) is 3.62. The highest BCUT2D eigenvalue weighted by atomic mass is 35.5. The lowest BCUT2D eigenvalue weighted by molar-refractivity contribution is 0.579. The molecule has 0 spiro atoms. The molecule has 0 N–H and O–H groups in total. The smallest absolute Gasteiger partial charge is 0.0393 e. The molecule has 8 heavy (non-hydrogen) atoms. The van der Waals surface area contributed by atoms with Crippen LogP contribution in [-0.2, 0) is 0 Å². The van der Waals surface area contributed by atoms with Crippen molar-refractivity contribution >= 4 is 11.6 Å². The van der Waals surface area contributed by atoms with Gasteiger partial charge in [0.2, 0.25) is 0 Å². The van der Waals surface area contributed by atoms with Crippen LogP contribution in [0.15, 0.2) is 0 Å². The van der Waals surface area contributed by atoms with Crippen molar-refractivity contribution in [1.82, 2.24) is 0 Å². The fourth-order valence-electron chi connectivity index (χ4n) is 0.273. The third-order valence-electron chi connectivity index (χ3n) is 0.761. The van der Waals surface area contributed by atoms with Crippen LogP contribution in [0.3, 0.4) is 0 Å². The normalized spacial score (nSPS) is 10.0. The van der Waals surface area contributed by atoms with Gasteiger partial charge in [0.25, 0.3) is 0 Å². The third kappa shape index (κ3) is 2.93. The molecule has 0 aromatic rings. The maximum atomic E-state index is 5.54. The summed E-state index contributed by atoms with van der Waals surface area (Å²) in [7, 11) is 0. The van der Waals surface area contributed by atoms with Gasteiger partial charge in [-0.25, -0.2) is 0 Å². The molecule has 0 rings (SSSR count). The van der Waals surface area contributed by atoms with Crippen molar-refractivity contribution < 1.29 is 0 Å². The molecule has 0 saturated carbocycles. The van der Waals surface area contributed by atoms with Crippen LogP contribution >= 0.6 is 11.6 Å². The molecule has 0 aliphatic rings. The summed E-state index contributed by atoms with van der Waals surface area (Å²) in [5.41, 5.74) is -0.0662. The summed E-state index contributed by atoms with van der Waals surface area (Å²) in [5.74, 6) is 6.02. The predicted molar refractivity (Wildman–Crippen MR) is 37.6 cm³/mol. The van der Waals surface area contributed by atoms with Gasteiger partial charge in [0, 0.05) is 18.2 Å². The number of hydrogen-bond donors (Lipinski definition) is 0. The van der Waals surface area contributed by atoms with E-state index in [1.165, 1.54) is 0 Å². The second-order valence-electron chi connectivity index (χ2n) is 2.32. The average Bonchev–Trinajstić information content (AvgIpc) is 1.67. The van der Waals surface area contributed by atoms with Crippen LogP contribution in [0.25, 0.3) is 0 Å². The first-order valence-electron chi connectivity index (χ1n) is 2.47. The minimum absolute atomic E-state index is 0.0662. The Morgan fingerprint density at radius 3 is 2.25 bits per heavy atom. The zero-order valence-electron chi connectivity index (χ0n) is 5.29. The van der Waals surface area contributed by atoms with Crippen molar-refractivity contribution in [2.45, 2.75) is 13.8 Å². The van der Waals surface area contributed by atoms with Gasteiger partial charge in [0.1, 0.15) is 0 Å². The second-order valence-corrected chi connectivity index (χ2v) is 2.59. The molecule has 0 aromatic carbocycles. The highest BCUT2D eigenvalue weighted by molar-refractivity contribution is 6.18. The summed E-state index contributed by atoms with van der Waals surface area (Å²) in [4.78, 5) is 0. The fourth-order valence-corrected chi connectivity index (χ4v) is 0.339. The summed E-state index contributed by atoms with van der Waals surface area (Å²) in [5, 5.41) is 0. The van der Waals surface area contributed by atoms with Gasteiger partial charge < -0.3 is 0 Å². The second kappa shape index (κ2) is 2.99. The van der Waals surface area contributed by atoms with E-state index >= 15 is 0 Å². The topological polar surface area (TPSA) is 0 Å². The van der Waals surface area contributed by atoms with Crippen LogP contribution in [0.5, 0.6) is 0 Å². The molecule has 0 amide bonds. The summed E-state index contributed by atoms with van der Waals surface area (Å²) < 4.78 is 0. The molecule has 0 heterocycles. The SMILES string of the molecule is [CH2]C#CC(C)(C)CCl. The first-order valence-corrected chi connectivity index (χ1v) is 3.01. The maximum absolute atomic E-state index is 5.54. The molecule has 45 valence electrons. The van der Waals surface area contributed by atoms with E-state index in [2.05, 4.69) is 18.8 Å². The maximum Gasteiger partial charge on any atom is 0.0393 e. The summed E-state index contributed by atoms with van der Waals surface area (Å²) in [6, 6.07) is 0. The van der Waals surface area contributed by atoms with Crippen molar-refractivity contribution in [3.05, 3.63) is 6.92 Å². The third-order valence-corrected chi connectivity index (χ3v) is 1.43. The van der Waals surface area contributed by atoms with Gasteiger partial charge in [-0.3, -0.25) is 0 Å². The Hall–Kier alpha value is -0.150. The largest absolute Gasteiger partial charge is 0.125 e. The molecule has 0 aliphatic heterocycles. The van der Waals surface area contributed by atoms with E-state index < -0.39 is 0 Å². The Kier molecular flexibility index (Phi) is 2.94. The first kappa shape index (κ1) is 7.85. The highest BCUT2D eigenvalue weighted by Gasteiger charge is 2.10. The molecule has 0 saturated heterocycles. The lowest BCUT2D eigenvalue weighted by Gasteiger charge is -2.10. The molecule has 1 radical (unpaired) electrons. The van der Waals surface area contributed by atoms with Gasteiger partial charge in [-0.2, -0.15) is 0 Å². The summed E-state index contributed by atoms with van der Waals surface area (Å²) in [6.45, 7) is 7.37. The van der Waals surface area contributed by atoms with Crippen molar-refractivity contribution in [2.75, 3.05) is 5.88 Å². The zero-order chi connectivity index (χ0) is 6.62. The van der Waals surface area contributed by atoms with Crippen LogP contribution in [0, 0.1) is 24.2 Å². The Morgan fingerprint density at radius 1 is 1.62 bits per heavy atom. The van der Waals surface area contributed by atoms with Crippen LogP contribution < -0.4 is 0 Å². The molecule has 0 bridgehead atoms. The van der Waals surface area contributed by atoms with Crippen LogP contribution in [0.2, 0.25) is 0 Å². The molecule has 0 aromatic heterocycles. The molecule has 1 heteroatoms. The number of halogens is 1. The Labute approximate surface area is 56.2 Å². The molecule has 0 aliphatic carbocycles. The zero-order valence-corrected chi connectivity index (χ0v) is 6.05.